The molecule has 0 saturated heterocycles. The Morgan fingerprint density at radius 2 is 1.93 bits per heavy atom. The van der Waals surface area contributed by atoms with E-state index in [1.807, 2.05) is 42.0 Å². The van der Waals surface area contributed by atoms with Crippen molar-refractivity contribution in [2.24, 2.45) is 0 Å². The average Bonchev–Trinajstić information content (AvgIpc) is 3.51. The third kappa shape index (κ3) is 2.56. The number of rotatable bonds is 3. The van der Waals surface area contributed by atoms with E-state index in [-0.39, 0.29) is 0 Å². The molecule has 9 heteroatoms. The minimum Gasteiger partial charge on any atom is -0.336 e. The van der Waals surface area contributed by atoms with Crippen molar-refractivity contribution in [3.05, 3.63) is 67.3 Å². The zero-order valence-electron chi connectivity index (χ0n) is 15.9. The van der Waals surface area contributed by atoms with Crippen LogP contribution in [0.25, 0.3) is 50.5 Å². The van der Waals surface area contributed by atoms with Crippen LogP contribution >= 0.6 is 0 Å². The fourth-order valence-electron chi connectivity index (χ4n) is 3.56. The number of aryl methyl sites for hydroxylation is 1. The summed E-state index contributed by atoms with van der Waals surface area (Å²) in [6.45, 7) is 1.96. The first-order chi connectivity index (χ1) is 14.8. The summed E-state index contributed by atoms with van der Waals surface area (Å²) < 4.78 is 1.97. The number of pyridine rings is 1. The van der Waals surface area contributed by atoms with Gasteiger partial charge >= 0.3 is 0 Å². The lowest BCUT2D eigenvalue weighted by Gasteiger charge is -2.01. The predicted octanol–water partition coefficient (Wildman–Crippen LogP) is 3.45. The molecular weight excluding hydrogens is 378 g/mol. The molecule has 6 aromatic rings. The number of fused-ring (bicyclic) bond motifs is 2. The van der Waals surface area contributed by atoms with E-state index in [0.29, 0.717) is 11.5 Å². The molecule has 6 rings (SSSR count). The molecule has 0 aliphatic heterocycles. The van der Waals surface area contributed by atoms with Crippen LogP contribution in [0.15, 0.2) is 61.6 Å². The molecule has 0 unspecified atom stereocenters. The Bertz CT molecular complexity index is 1510. The van der Waals surface area contributed by atoms with Crippen LogP contribution in [0.2, 0.25) is 0 Å². The van der Waals surface area contributed by atoms with E-state index in [2.05, 4.69) is 35.1 Å². The van der Waals surface area contributed by atoms with Crippen molar-refractivity contribution in [1.29, 1.82) is 0 Å². The summed E-state index contributed by atoms with van der Waals surface area (Å²) in [6.07, 6.45) is 10.5. The minimum absolute atomic E-state index is 0.678. The summed E-state index contributed by atoms with van der Waals surface area (Å²) >= 11 is 0. The predicted molar refractivity (Wildman–Crippen MR) is 112 cm³/mol. The summed E-state index contributed by atoms with van der Waals surface area (Å²) in [5, 5.41) is 8.43. The molecule has 0 aliphatic carbocycles. The van der Waals surface area contributed by atoms with Gasteiger partial charge in [0.1, 0.15) is 16.9 Å². The van der Waals surface area contributed by atoms with E-state index >= 15 is 0 Å². The van der Waals surface area contributed by atoms with Crippen LogP contribution in [0.5, 0.6) is 0 Å². The number of benzene rings is 1. The molecule has 30 heavy (non-hydrogen) atoms. The Morgan fingerprint density at radius 1 is 0.967 bits per heavy atom. The fourth-order valence-corrected chi connectivity index (χ4v) is 3.56. The van der Waals surface area contributed by atoms with E-state index in [4.69, 9.17) is 4.98 Å². The number of imidazole rings is 2. The van der Waals surface area contributed by atoms with Gasteiger partial charge in [0.15, 0.2) is 5.82 Å². The van der Waals surface area contributed by atoms with Crippen LogP contribution in [0, 0.1) is 6.92 Å². The number of nitrogens with zero attached hydrogens (tertiary/aromatic N) is 7. The largest absolute Gasteiger partial charge is 0.336 e. The van der Waals surface area contributed by atoms with E-state index in [1.165, 1.54) is 0 Å². The average molecular weight is 393 g/mol. The first-order valence-electron chi connectivity index (χ1n) is 9.37. The van der Waals surface area contributed by atoms with Gasteiger partial charge in [-0.2, -0.15) is 5.10 Å². The van der Waals surface area contributed by atoms with Crippen molar-refractivity contribution in [3.8, 4) is 28.6 Å². The highest BCUT2D eigenvalue weighted by Crippen LogP contribution is 2.30. The van der Waals surface area contributed by atoms with Gasteiger partial charge in [-0.05, 0) is 25.1 Å². The van der Waals surface area contributed by atoms with Crippen molar-refractivity contribution in [1.82, 2.24) is 44.7 Å². The molecule has 1 aromatic carbocycles. The standard InChI is InChI=1S/C21H15N9/c1-12-10-30(11-25-12)18-4-2-3-14-20(18)27-21(26-14)19-13-7-15(17-8-22-5-6-23-17)24-9-16(13)28-29-19/h2-11H,1H3,(H,26,27)(H,28,29). The van der Waals surface area contributed by atoms with E-state index in [1.54, 1.807) is 31.1 Å². The summed E-state index contributed by atoms with van der Waals surface area (Å²) in [4.78, 5) is 25.5. The quantitative estimate of drug-likeness (QED) is 0.476. The number of hydrogen-bond donors (Lipinski definition) is 2. The molecule has 0 fully saturated rings. The Hall–Kier alpha value is -4.40. The van der Waals surface area contributed by atoms with Crippen LogP contribution < -0.4 is 0 Å². The van der Waals surface area contributed by atoms with Gasteiger partial charge < -0.3 is 9.55 Å². The third-order valence-corrected chi connectivity index (χ3v) is 4.98. The zero-order valence-corrected chi connectivity index (χ0v) is 15.9. The molecule has 0 saturated carbocycles. The molecule has 0 atom stereocenters. The number of nitrogens with one attached hydrogen (secondary N) is 2. The molecule has 0 aliphatic rings. The SMILES string of the molecule is Cc1cn(-c2cccc3[nH]c(-c4n[nH]c5cnc(-c6cnccn6)cc45)nc23)cn1. The lowest BCUT2D eigenvalue weighted by Crippen LogP contribution is -1.91. The van der Waals surface area contributed by atoms with E-state index in [0.717, 1.165) is 44.7 Å². The highest BCUT2D eigenvalue weighted by atomic mass is 15.1. The van der Waals surface area contributed by atoms with Gasteiger partial charge in [0.05, 0.1) is 46.8 Å². The van der Waals surface area contributed by atoms with Gasteiger partial charge in [-0.15, -0.1) is 0 Å². The maximum absolute atomic E-state index is 4.86. The summed E-state index contributed by atoms with van der Waals surface area (Å²) in [5.41, 5.74) is 6.66. The first-order valence-corrected chi connectivity index (χ1v) is 9.37. The lowest BCUT2D eigenvalue weighted by atomic mass is 10.2. The summed E-state index contributed by atoms with van der Waals surface area (Å²) in [6, 6.07) is 7.96. The molecule has 5 heterocycles. The highest BCUT2D eigenvalue weighted by molar-refractivity contribution is 5.95. The van der Waals surface area contributed by atoms with Crippen LogP contribution in [-0.2, 0) is 0 Å². The second-order valence-electron chi connectivity index (χ2n) is 6.96. The Kier molecular flexibility index (Phi) is 3.48. The smallest absolute Gasteiger partial charge is 0.159 e. The fraction of sp³-hybridized carbons (Fsp3) is 0.0476. The molecule has 2 N–H and O–H groups in total. The third-order valence-electron chi connectivity index (χ3n) is 4.98. The number of H-pyrrole nitrogens is 2. The Balaban J connectivity index is 1.52. The highest BCUT2D eigenvalue weighted by Gasteiger charge is 2.16. The zero-order chi connectivity index (χ0) is 20.1. The molecular formula is C21H15N9. The molecule has 0 radical (unpaired) electrons. The van der Waals surface area contributed by atoms with Gasteiger partial charge in [0.2, 0.25) is 0 Å². The second kappa shape index (κ2) is 6.31. The molecule has 5 aromatic heterocycles. The van der Waals surface area contributed by atoms with E-state index in [9.17, 15) is 0 Å². The first kappa shape index (κ1) is 16.5. The maximum Gasteiger partial charge on any atom is 0.159 e. The van der Waals surface area contributed by atoms with E-state index < -0.39 is 0 Å². The number of hydrogen-bond acceptors (Lipinski definition) is 6. The normalized spacial score (nSPS) is 11.5. The van der Waals surface area contributed by atoms with Crippen molar-refractivity contribution in [3.63, 3.8) is 0 Å². The number of aromatic amines is 2. The topological polar surface area (TPSA) is 114 Å². The lowest BCUT2D eigenvalue weighted by molar-refractivity contribution is 1.06. The van der Waals surface area contributed by atoms with Crippen LogP contribution in [0.1, 0.15) is 5.69 Å². The molecule has 0 bridgehead atoms. The van der Waals surface area contributed by atoms with Gasteiger partial charge in [0, 0.05) is 24.0 Å². The second-order valence-corrected chi connectivity index (χ2v) is 6.96. The Labute approximate surface area is 169 Å². The number of para-hydroxylation sites is 1. The van der Waals surface area contributed by atoms with Crippen LogP contribution in [0.4, 0.5) is 0 Å². The van der Waals surface area contributed by atoms with Crippen molar-refractivity contribution in [2.45, 2.75) is 6.92 Å². The van der Waals surface area contributed by atoms with Gasteiger partial charge in [0.25, 0.3) is 0 Å². The van der Waals surface area contributed by atoms with Crippen LogP contribution in [0.3, 0.4) is 0 Å². The summed E-state index contributed by atoms with van der Waals surface area (Å²) in [7, 11) is 0. The summed E-state index contributed by atoms with van der Waals surface area (Å²) in [5.74, 6) is 0.678. The maximum atomic E-state index is 4.86. The number of aromatic nitrogens is 9. The molecule has 9 nitrogen and oxygen atoms in total. The van der Waals surface area contributed by atoms with Crippen LogP contribution in [-0.4, -0.2) is 44.7 Å². The molecule has 0 amide bonds. The van der Waals surface area contributed by atoms with Gasteiger partial charge in [-0.25, -0.2) is 9.97 Å². The monoisotopic (exact) mass is 393 g/mol. The van der Waals surface area contributed by atoms with Gasteiger partial charge in [-0.3, -0.25) is 20.1 Å². The molecule has 0 spiro atoms. The van der Waals surface area contributed by atoms with Crippen molar-refractivity contribution in [2.75, 3.05) is 0 Å². The van der Waals surface area contributed by atoms with Crippen molar-refractivity contribution >= 4 is 21.9 Å². The van der Waals surface area contributed by atoms with Gasteiger partial charge in [-0.1, -0.05) is 6.07 Å². The van der Waals surface area contributed by atoms with Crippen molar-refractivity contribution < 1.29 is 0 Å². The Morgan fingerprint density at radius 3 is 2.77 bits per heavy atom. The minimum atomic E-state index is 0.678. The molecule has 144 valence electrons.